The van der Waals surface area contributed by atoms with E-state index in [0.29, 0.717) is 23.1 Å². The van der Waals surface area contributed by atoms with Gasteiger partial charge < -0.3 is 15.6 Å². The molecule has 0 unspecified atom stereocenters. The molecule has 4 rings (SSSR count). The number of aromatic nitrogens is 2. The van der Waals surface area contributed by atoms with Gasteiger partial charge in [-0.25, -0.2) is 4.98 Å². The van der Waals surface area contributed by atoms with Gasteiger partial charge in [-0.05, 0) is 79.9 Å². The second-order valence-electron chi connectivity index (χ2n) is 9.76. The largest absolute Gasteiger partial charge is 0.360 e. The van der Waals surface area contributed by atoms with Crippen LogP contribution in [0.15, 0.2) is 71.8 Å². The lowest BCUT2D eigenvalue weighted by molar-refractivity contribution is 0.399. The van der Waals surface area contributed by atoms with Gasteiger partial charge >= 0.3 is 0 Å². The lowest BCUT2D eigenvalue weighted by atomic mass is 9.92. The maximum absolute atomic E-state index is 9.54. The van der Waals surface area contributed by atoms with Gasteiger partial charge in [0.2, 0.25) is 0 Å². The van der Waals surface area contributed by atoms with Crippen molar-refractivity contribution in [2.75, 3.05) is 18.0 Å². The summed E-state index contributed by atoms with van der Waals surface area (Å²) < 4.78 is 0. The number of anilines is 1. The molecule has 1 fully saturated rings. The van der Waals surface area contributed by atoms with Crippen LogP contribution in [0.4, 0.5) is 5.82 Å². The highest BCUT2D eigenvalue weighted by Gasteiger charge is 2.22. The third-order valence-corrected chi connectivity index (χ3v) is 6.77. The predicted octanol–water partition coefficient (Wildman–Crippen LogP) is 5.67. The van der Waals surface area contributed by atoms with Crippen LogP contribution in [0.1, 0.15) is 50.8 Å². The van der Waals surface area contributed by atoms with E-state index in [1.807, 2.05) is 24.7 Å². The first-order valence-electron chi connectivity index (χ1n) is 12.5. The number of hydrogen-bond acceptors (Lipinski definition) is 6. The Morgan fingerprint density at radius 1 is 1.23 bits per heavy atom. The summed E-state index contributed by atoms with van der Waals surface area (Å²) in [7, 11) is 0. The molecule has 4 heterocycles. The van der Waals surface area contributed by atoms with E-state index in [2.05, 4.69) is 65.5 Å². The van der Waals surface area contributed by atoms with Gasteiger partial charge in [0.1, 0.15) is 11.9 Å². The van der Waals surface area contributed by atoms with E-state index in [1.54, 1.807) is 0 Å². The predicted molar refractivity (Wildman–Crippen MR) is 142 cm³/mol. The van der Waals surface area contributed by atoms with Crippen molar-refractivity contribution in [3.05, 3.63) is 83.1 Å². The van der Waals surface area contributed by atoms with Gasteiger partial charge in [0.15, 0.2) is 0 Å². The first-order chi connectivity index (χ1) is 17.1. The summed E-state index contributed by atoms with van der Waals surface area (Å²) in [5, 5.41) is 20.5. The van der Waals surface area contributed by atoms with Gasteiger partial charge in [-0.2, -0.15) is 5.26 Å². The van der Waals surface area contributed by atoms with Crippen LogP contribution in [0, 0.1) is 28.6 Å². The van der Waals surface area contributed by atoms with E-state index in [9.17, 15) is 5.26 Å². The summed E-state index contributed by atoms with van der Waals surface area (Å²) in [6.45, 7) is 6.43. The van der Waals surface area contributed by atoms with Gasteiger partial charge in [-0.3, -0.25) is 4.98 Å². The van der Waals surface area contributed by atoms with Gasteiger partial charge in [-0.15, -0.1) is 0 Å². The maximum atomic E-state index is 9.54. The molecule has 2 aromatic rings. The van der Waals surface area contributed by atoms with Crippen LogP contribution >= 0.6 is 0 Å². The highest BCUT2D eigenvalue weighted by molar-refractivity contribution is 5.93. The lowest BCUT2D eigenvalue weighted by Gasteiger charge is -2.33. The molecule has 0 saturated carbocycles. The molecule has 2 aliphatic heterocycles. The Hall–Kier alpha value is -3.72. The molecule has 0 amide bonds. The minimum atomic E-state index is 0.314. The standard InChI is InChI=1S/C29H34N6/c1-21(2)6-7-23-16-27(29(34-19-23)25(17-30)18-31)24-8-9-28(33-20-24)35-13-10-22(11-14-35)15-26-5-3-4-12-32-26/h3-5,8-9,12,16-17,19-22,30,34H,6-7,10-11,13-15H2,1-2H3/b29-25+,30-17?. The average Bonchev–Trinajstić information content (AvgIpc) is 2.90. The molecule has 0 aliphatic carbocycles. The molecule has 2 N–H and O–H groups in total. The molecule has 2 aliphatic rings. The van der Waals surface area contributed by atoms with Crippen LogP contribution < -0.4 is 10.2 Å². The quantitative estimate of drug-likeness (QED) is 0.386. The van der Waals surface area contributed by atoms with Crippen molar-refractivity contribution in [3.8, 4) is 6.07 Å². The van der Waals surface area contributed by atoms with Gasteiger partial charge in [0, 0.05) is 54.7 Å². The number of nitrogens with one attached hydrogen (secondary N) is 2. The smallest absolute Gasteiger partial charge is 0.128 e. The van der Waals surface area contributed by atoms with Crippen LogP contribution in [0.25, 0.3) is 5.57 Å². The number of nitriles is 1. The SMILES string of the molecule is CC(C)CCC1=CN/C(=C(/C#N)C=N)C(c2ccc(N3CCC(Cc4ccccn4)CC3)nc2)=C1. The molecule has 0 bridgehead atoms. The number of piperidine rings is 1. The Bertz CT molecular complexity index is 1140. The molecule has 6 nitrogen and oxygen atoms in total. The average molecular weight is 467 g/mol. The normalized spacial score (nSPS) is 17.8. The maximum Gasteiger partial charge on any atom is 0.128 e. The fourth-order valence-electron chi connectivity index (χ4n) is 4.67. The van der Waals surface area contributed by atoms with Gasteiger partial charge in [0.25, 0.3) is 0 Å². The second kappa shape index (κ2) is 11.6. The summed E-state index contributed by atoms with van der Waals surface area (Å²) in [6.07, 6.45) is 14.3. The second-order valence-corrected chi connectivity index (χ2v) is 9.76. The molecule has 2 aromatic heterocycles. The zero-order chi connectivity index (χ0) is 24.6. The Labute approximate surface area is 208 Å². The highest BCUT2D eigenvalue weighted by atomic mass is 15.2. The molecule has 180 valence electrons. The Kier molecular flexibility index (Phi) is 8.10. The zero-order valence-electron chi connectivity index (χ0n) is 20.7. The first-order valence-corrected chi connectivity index (χ1v) is 12.5. The van der Waals surface area contributed by atoms with E-state index < -0.39 is 0 Å². The van der Waals surface area contributed by atoms with Crippen molar-refractivity contribution in [1.29, 1.82) is 10.7 Å². The number of allylic oxidation sites excluding steroid dienone is 4. The Morgan fingerprint density at radius 3 is 2.69 bits per heavy atom. The Balaban J connectivity index is 1.47. The Morgan fingerprint density at radius 2 is 2.06 bits per heavy atom. The van der Waals surface area contributed by atoms with Crippen molar-refractivity contribution >= 4 is 17.6 Å². The van der Waals surface area contributed by atoms with Crippen LogP contribution in [0.5, 0.6) is 0 Å². The van der Waals surface area contributed by atoms with Crippen LogP contribution in [-0.2, 0) is 6.42 Å². The van der Waals surface area contributed by atoms with Crippen molar-refractivity contribution in [2.24, 2.45) is 11.8 Å². The number of hydrogen-bond donors (Lipinski definition) is 2. The molecule has 35 heavy (non-hydrogen) atoms. The lowest BCUT2D eigenvalue weighted by Crippen LogP contribution is -2.34. The van der Waals surface area contributed by atoms with E-state index in [1.165, 1.54) is 11.3 Å². The van der Waals surface area contributed by atoms with Crippen LogP contribution in [-0.4, -0.2) is 29.3 Å². The van der Waals surface area contributed by atoms with Crippen LogP contribution in [0.2, 0.25) is 0 Å². The topological polar surface area (TPSA) is 88.7 Å². The summed E-state index contributed by atoms with van der Waals surface area (Å²) >= 11 is 0. The van der Waals surface area contributed by atoms with Gasteiger partial charge in [0.05, 0.1) is 11.3 Å². The summed E-state index contributed by atoms with van der Waals surface area (Å²) in [5.41, 5.74) is 5.22. The number of nitrogens with zero attached hydrogens (tertiary/aromatic N) is 4. The van der Waals surface area contributed by atoms with E-state index >= 15 is 0 Å². The molecular formula is C29H34N6. The molecular weight excluding hydrogens is 432 g/mol. The molecule has 6 heteroatoms. The van der Waals surface area contributed by atoms with Crippen LogP contribution in [0.3, 0.4) is 0 Å². The van der Waals surface area contributed by atoms with E-state index in [-0.39, 0.29) is 0 Å². The molecule has 1 saturated heterocycles. The van der Waals surface area contributed by atoms with Crippen molar-refractivity contribution in [3.63, 3.8) is 0 Å². The molecule has 0 aromatic carbocycles. The number of dihydropyridines is 1. The van der Waals surface area contributed by atoms with Gasteiger partial charge in [-0.1, -0.05) is 19.9 Å². The van der Waals surface area contributed by atoms with E-state index in [4.69, 9.17) is 10.4 Å². The third-order valence-electron chi connectivity index (χ3n) is 6.77. The summed E-state index contributed by atoms with van der Waals surface area (Å²) in [5.74, 6) is 2.27. The first kappa shape index (κ1) is 24.4. The van der Waals surface area contributed by atoms with Crippen molar-refractivity contribution in [2.45, 2.75) is 46.0 Å². The minimum Gasteiger partial charge on any atom is -0.360 e. The number of rotatable bonds is 8. The number of pyridine rings is 2. The third kappa shape index (κ3) is 6.24. The highest BCUT2D eigenvalue weighted by Crippen LogP contribution is 2.31. The monoisotopic (exact) mass is 466 g/mol. The molecule has 0 radical (unpaired) electrons. The summed E-state index contributed by atoms with van der Waals surface area (Å²) in [6, 6.07) is 12.4. The fourth-order valence-corrected chi connectivity index (χ4v) is 4.67. The minimum absolute atomic E-state index is 0.314. The molecule has 0 spiro atoms. The molecule has 0 atom stereocenters. The van der Waals surface area contributed by atoms with Crippen molar-refractivity contribution in [1.82, 2.24) is 15.3 Å². The summed E-state index contributed by atoms with van der Waals surface area (Å²) in [4.78, 5) is 11.6. The zero-order valence-corrected chi connectivity index (χ0v) is 20.7. The van der Waals surface area contributed by atoms with E-state index in [0.717, 1.165) is 68.4 Å². The fraction of sp³-hybridized carbons (Fsp3) is 0.379. The van der Waals surface area contributed by atoms with Crippen molar-refractivity contribution < 1.29 is 0 Å².